The van der Waals surface area contributed by atoms with Gasteiger partial charge in [0.15, 0.2) is 5.65 Å². The van der Waals surface area contributed by atoms with Crippen LogP contribution in [-0.2, 0) is 27.5 Å². The molecule has 1 atom stereocenters. The predicted molar refractivity (Wildman–Crippen MR) is 124 cm³/mol. The molecule has 10 heteroatoms. The van der Waals surface area contributed by atoms with Gasteiger partial charge in [0.2, 0.25) is 17.7 Å². The first-order valence-corrected chi connectivity index (χ1v) is 11.9. The molecule has 178 valence electrons. The number of pyridine rings is 1. The van der Waals surface area contributed by atoms with Crippen molar-refractivity contribution in [2.45, 2.75) is 59.0 Å². The number of carbonyl (C=O) groups excluding carboxylic acids is 3. The predicted octanol–water partition coefficient (Wildman–Crippen LogP) is 1.43. The summed E-state index contributed by atoms with van der Waals surface area (Å²) in [6.45, 7) is 7.68. The summed E-state index contributed by atoms with van der Waals surface area (Å²) in [6.07, 6.45) is 2.65. The number of carbonyl (C=O) groups is 3. The summed E-state index contributed by atoms with van der Waals surface area (Å²) >= 11 is 0. The first kappa shape index (κ1) is 23.0. The Labute approximate surface area is 192 Å². The highest BCUT2D eigenvalue weighted by molar-refractivity contribution is 5.93. The highest BCUT2D eigenvalue weighted by Gasteiger charge is 2.30. The van der Waals surface area contributed by atoms with E-state index in [4.69, 9.17) is 0 Å². The van der Waals surface area contributed by atoms with Crippen LogP contribution in [0.15, 0.2) is 16.9 Å². The Bertz CT molecular complexity index is 1120. The molecule has 2 aliphatic heterocycles. The van der Waals surface area contributed by atoms with Crippen LogP contribution in [0.4, 0.5) is 5.82 Å². The van der Waals surface area contributed by atoms with Crippen molar-refractivity contribution in [2.75, 3.05) is 31.5 Å². The molecule has 4 heterocycles. The van der Waals surface area contributed by atoms with E-state index in [9.17, 15) is 19.2 Å². The lowest BCUT2D eigenvalue weighted by molar-refractivity contribution is -0.132. The van der Waals surface area contributed by atoms with Gasteiger partial charge in [-0.25, -0.2) is 9.78 Å². The molecule has 0 spiro atoms. The zero-order chi connectivity index (χ0) is 23.5. The van der Waals surface area contributed by atoms with Crippen LogP contribution in [-0.4, -0.2) is 67.8 Å². The second-order valence-electron chi connectivity index (χ2n) is 8.80. The Hall–Kier alpha value is -3.17. The van der Waals surface area contributed by atoms with Gasteiger partial charge in [0.1, 0.15) is 5.82 Å². The van der Waals surface area contributed by atoms with Crippen molar-refractivity contribution in [3.63, 3.8) is 0 Å². The van der Waals surface area contributed by atoms with E-state index < -0.39 is 0 Å². The smallest absolute Gasteiger partial charge is 0.330 e. The van der Waals surface area contributed by atoms with Gasteiger partial charge in [-0.3, -0.25) is 23.5 Å². The first-order chi connectivity index (χ1) is 15.9. The molecule has 0 aromatic carbocycles. The molecule has 2 saturated heterocycles. The van der Waals surface area contributed by atoms with Crippen molar-refractivity contribution >= 4 is 34.7 Å². The van der Waals surface area contributed by atoms with Gasteiger partial charge in [0.05, 0.1) is 5.52 Å². The van der Waals surface area contributed by atoms with Crippen LogP contribution in [0, 0.1) is 5.92 Å². The van der Waals surface area contributed by atoms with E-state index in [1.807, 2.05) is 18.7 Å². The van der Waals surface area contributed by atoms with Gasteiger partial charge in [0.25, 0.3) is 0 Å². The van der Waals surface area contributed by atoms with Crippen molar-refractivity contribution in [2.24, 2.45) is 5.92 Å². The minimum Gasteiger partial charge on any atom is -0.342 e. The minimum atomic E-state index is -0.283. The van der Waals surface area contributed by atoms with Crippen LogP contribution in [0.25, 0.3) is 11.2 Å². The lowest BCUT2D eigenvalue weighted by atomic mass is 10.1. The Morgan fingerprint density at radius 3 is 2.58 bits per heavy atom. The zero-order valence-electron chi connectivity index (χ0n) is 19.4. The lowest BCUT2D eigenvalue weighted by Gasteiger charge is -2.21. The Kier molecular flexibility index (Phi) is 6.80. The fourth-order valence-corrected chi connectivity index (χ4v) is 4.85. The number of imidazole rings is 1. The molecule has 1 N–H and O–H groups in total. The molecule has 2 aliphatic rings. The molecule has 4 rings (SSSR count). The second-order valence-corrected chi connectivity index (χ2v) is 8.80. The largest absolute Gasteiger partial charge is 0.342 e. The molecule has 1 unspecified atom stereocenters. The molecule has 2 aromatic heterocycles. The third kappa shape index (κ3) is 4.79. The van der Waals surface area contributed by atoms with Crippen LogP contribution in [0.1, 0.15) is 46.0 Å². The molecule has 0 bridgehead atoms. The molecule has 0 aliphatic carbocycles. The number of aromatic nitrogens is 3. The number of nitrogens with zero attached hydrogens (tertiary/aromatic N) is 5. The van der Waals surface area contributed by atoms with Crippen molar-refractivity contribution in [1.29, 1.82) is 0 Å². The third-order valence-electron chi connectivity index (χ3n) is 6.62. The van der Waals surface area contributed by atoms with E-state index in [0.29, 0.717) is 50.0 Å². The van der Waals surface area contributed by atoms with Crippen LogP contribution < -0.4 is 11.0 Å². The Balaban J connectivity index is 1.29. The number of anilines is 1. The van der Waals surface area contributed by atoms with Gasteiger partial charge < -0.3 is 15.1 Å². The molecular formula is C23H32N6O4. The van der Waals surface area contributed by atoms with Crippen LogP contribution in [0.5, 0.6) is 0 Å². The lowest BCUT2D eigenvalue weighted by Crippen LogP contribution is -2.34. The molecular weight excluding hydrogens is 424 g/mol. The van der Waals surface area contributed by atoms with E-state index in [1.165, 1.54) is 0 Å². The molecule has 10 nitrogen and oxygen atoms in total. The molecule has 0 saturated carbocycles. The summed E-state index contributed by atoms with van der Waals surface area (Å²) in [5, 5.41) is 2.75. The van der Waals surface area contributed by atoms with Gasteiger partial charge >= 0.3 is 5.69 Å². The van der Waals surface area contributed by atoms with Crippen LogP contribution >= 0.6 is 0 Å². The van der Waals surface area contributed by atoms with Crippen molar-refractivity contribution < 1.29 is 14.4 Å². The van der Waals surface area contributed by atoms with Gasteiger partial charge in [-0.05, 0) is 44.7 Å². The zero-order valence-corrected chi connectivity index (χ0v) is 19.4. The Morgan fingerprint density at radius 1 is 1.09 bits per heavy atom. The van der Waals surface area contributed by atoms with E-state index >= 15 is 0 Å². The van der Waals surface area contributed by atoms with Crippen LogP contribution in [0.3, 0.4) is 0 Å². The minimum absolute atomic E-state index is 0.0383. The number of likely N-dealkylation sites (tertiary alicyclic amines) is 2. The molecule has 33 heavy (non-hydrogen) atoms. The summed E-state index contributed by atoms with van der Waals surface area (Å²) < 4.78 is 3.23. The number of fused-ring (bicyclic) bond motifs is 1. The second kappa shape index (κ2) is 9.76. The first-order valence-electron chi connectivity index (χ1n) is 11.9. The number of hydrogen-bond acceptors (Lipinski definition) is 5. The number of rotatable bonds is 8. The monoisotopic (exact) mass is 456 g/mol. The van der Waals surface area contributed by atoms with Crippen LogP contribution in [0.2, 0.25) is 0 Å². The molecule has 2 fully saturated rings. The Morgan fingerprint density at radius 2 is 1.88 bits per heavy atom. The summed E-state index contributed by atoms with van der Waals surface area (Å²) in [6, 6.07) is 3.47. The van der Waals surface area contributed by atoms with Crippen molar-refractivity contribution in [1.82, 2.24) is 23.9 Å². The van der Waals surface area contributed by atoms with E-state index in [2.05, 4.69) is 10.3 Å². The molecule has 2 aromatic rings. The number of amides is 3. The normalized spacial score (nSPS) is 18.5. The average Bonchev–Trinajstić information content (AvgIpc) is 3.50. The highest BCUT2D eigenvalue weighted by atomic mass is 16.2. The van der Waals surface area contributed by atoms with Crippen molar-refractivity contribution in [3.05, 3.63) is 22.6 Å². The van der Waals surface area contributed by atoms with Gasteiger partial charge in [0, 0.05) is 58.5 Å². The fourth-order valence-electron chi connectivity index (χ4n) is 4.85. The molecule has 0 radical (unpaired) electrons. The fraction of sp³-hybridized carbons (Fsp3) is 0.609. The summed E-state index contributed by atoms with van der Waals surface area (Å²) in [5.41, 5.74) is 1.16. The van der Waals surface area contributed by atoms with Gasteiger partial charge in [-0.2, -0.15) is 0 Å². The topological polar surface area (TPSA) is 110 Å². The highest BCUT2D eigenvalue weighted by Crippen LogP contribution is 2.21. The molecule has 3 amide bonds. The average molecular weight is 457 g/mol. The maximum absolute atomic E-state index is 12.6. The number of hydrogen-bond donors (Lipinski definition) is 1. The van der Waals surface area contributed by atoms with Gasteiger partial charge in [-0.1, -0.05) is 0 Å². The van der Waals surface area contributed by atoms with E-state index in [-0.39, 0.29) is 36.3 Å². The van der Waals surface area contributed by atoms with Gasteiger partial charge in [-0.15, -0.1) is 0 Å². The summed E-state index contributed by atoms with van der Waals surface area (Å²) in [5.74, 6) is 0.572. The van der Waals surface area contributed by atoms with Crippen molar-refractivity contribution in [3.8, 4) is 0 Å². The summed E-state index contributed by atoms with van der Waals surface area (Å²) in [4.78, 5) is 57.5. The maximum atomic E-state index is 12.6. The third-order valence-corrected chi connectivity index (χ3v) is 6.62. The summed E-state index contributed by atoms with van der Waals surface area (Å²) in [7, 11) is 0. The standard InChI is InChI=1S/C23H32N6O4/c1-3-28-17-7-8-18(25-22(17)29(4-2)23(28)33)24-19(30)9-10-21(32)27-13-11-16(15-27)14-26-12-5-6-20(26)31/h7-8,16H,3-6,9-15H2,1-2H3,(H,24,25,30). The maximum Gasteiger partial charge on any atom is 0.330 e. The SMILES string of the molecule is CCn1c(=O)n(CC)c2nc(NC(=O)CCC(=O)N3CCC(CN4CCCC4=O)C3)ccc21. The quantitative estimate of drug-likeness (QED) is 0.646. The number of nitrogens with one attached hydrogen (secondary N) is 1. The van der Waals surface area contributed by atoms with E-state index in [1.54, 1.807) is 26.2 Å². The van der Waals surface area contributed by atoms with E-state index in [0.717, 1.165) is 31.4 Å². The number of aryl methyl sites for hydroxylation is 2.